The highest BCUT2D eigenvalue weighted by Crippen LogP contribution is 2.38. The lowest BCUT2D eigenvalue weighted by Gasteiger charge is -2.36. The van der Waals surface area contributed by atoms with Gasteiger partial charge in [-0.05, 0) is 73.7 Å². The number of nitrogens with one attached hydrogen (secondary N) is 2. The van der Waals surface area contributed by atoms with Crippen molar-refractivity contribution in [2.75, 3.05) is 0 Å². The van der Waals surface area contributed by atoms with Gasteiger partial charge in [0.1, 0.15) is 0 Å². The summed E-state index contributed by atoms with van der Waals surface area (Å²) in [4.78, 5) is 0. The molecule has 0 saturated heterocycles. The van der Waals surface area contributed by atoms with Gasteiger partial charge in [-0.1, -0.05) is 59.7 Å². The Hall–Kier alpha value is -2.39. The lowest BCUT2D eigenvalue weighted by atomic mass is 9.83. The molecule has 1 atom stereocenters. The molecule has 1 aliphatic heterocycles. The molecule has 4 rings (SSSR count). The molecule has 2 aliphatic rings. The largest absolute Gasteiger partial charge is 0.352 e. The maximum atomic E-state index is 5.53. The number of hydrogen-bond donors (Lipinski definition) is 2. The molecule has 3 heteroatoms. The lowest BCUT2D eigenvalue weighted by molar-refractivity contribution is 0.609. The normalized spacial score (nSPS) is 21.2. The first-order valence-electron chi connectivity index (χ1n) is 9.25. The van der Waals surface area contributed by atoms with E-state index in [1.807, 2.05) is 0 Å². The van der Waals surface area contributed by atoms with Gasteiger partial charge in [-0.25, -0.2) is 0 Å². The Kier molecular flexibility index (Phi) is 4.64. The average Bonchev–Trinajstić information content (AvgIpc) is 2.64. The zero-order valence-electron chi connectivity index (χ0n) is 15.3. The third-order valence-electron chi connectivity index (χ3n) is 5.23. The SMILES string of the molecule is Cc1ccc(C=C2CCCC3=C2NC(=S)NC3c2ccc(C)cc2)cc1. The fraction of sp³-hybridized carbons (Fsp3) is 0.261. The zero-order chi connectivity index (χ0) is 18.1. The third kappa shape index (κ3) is 3.45. The first kappa shape index (κ1) is 17.0. The minimum atomic E-state index is 0.168. The van der Waals surface area contributed by atoms with Gasteiger partial charge in [-0.15, -0.1) is 0 Å². The van der Waals surface area contributed by atoms with Gasteiger partial charge < -0.3 is 10.6 Å². The highest BCUT2D eigenvalue weighted by atomic mass is 32.1. The molecular weight excluding hydrogens is 336 g/mol. The monoisotopic (exact) mass is 360 g/mol. The molecular formula is C23H24N2S. The molecule has 1 aliphatic carbocycles. The van der Waals surface area contributed by atoms with Gasteiger partial charge in [0.15, 0.2) is 5.11 Å². The fourth-order valence-corrected chi connectivity index (χ4v) is 4.01. The van der Waals surface area contributed by atoms with Crippen molar-refractivity contribution in [3.8, 4) is 0 Å². The second-order valence-electron chi connectivity index (χ2n) is 7.28. The predicted molar refractivity (Wildman–Crippen MR) is 113 cm³/mol. The molecule has 2 aromatic carbocycles. The molecule has 1 heterocycles. The van der Waals surface area contributed by atoms with Gasteiger partial charge in [-0.2, -0.15) is 0 Å². The summed E-state index contributed by atoms with van der Waals surface area (Å²) < 4.78 is 0. The summed E-state index contributed by atoms with van der Waals surface area (Å²) in [7, 11) is 0. The molecule has 132 valence electrons. The number of hydrogen-bond acceptors (Lipinski definition) is 1. The molecule has 0 fully saturated rings. The molecule has 0 saturated carbocycles. The van der Waals surface area contributed by atoms with Crippen molar-refractivity contribution in [1.29, 1.82) is 0 Å². The van der Waals surface area contributed by atoms with Gasteiger partial charge in [0.25, 0.3) is 0 Å². The van der Waals surface area contributed by atoms with E-state index in [9.17, 15) is 0 Å². The summed E-state index contributed by atoms with van der Waals surface area (Å²) in [6.45, 7) is 4.25. The van der Waals surface area contributed by atoms with Crippen LogP contribution in [0.4, 0.5) is 0 Å². The van der Waals surface area contributed by atoms with Crippen LogP contribution < -0.4 is 10.6 Å². The van der Waals surface area contributed by atoms with Crippen LogP contribution in [0.2, 0.25) is 0 Å². The Morgan fingerprint density at radius 2 is 1.58 bits per heavy atom. The van der Waals surface area contributed by atoms with Crippen LogP contribution in [0, 0.1) is 13.8 Å². The molecule has 0 radical (unpaired) electrons. The van der Waals surface area contributed by atoms with Crippen LogP contribution in [-0.2, 0) is 0 Å². The van der Waals surface area contributed by atoms with Crippen LogP contribution >= 0.6 is 12.2 Å². The number of benzene rings is 2. The summed E-state index contributed by atoms with van der Waals surface area (Å²) in [6.07, 6.45) is 5.67. The fourth-order valence-electron chi connectivity index (χ4n) is 3.79. The second kappa shape index (κ2) is 7.08. The van der Waals surface area contributed by atoms with Crippen LogP contribution in [-0.4, -0.2) is 5.11 Å². The van der Waals surface area contributed by atoms with E-state index in [-0.39, 0.29) is 6.04 Å². The lowest BCUT2D eigenvalue weighted by Crippen LogP contribution is -2.45. The van der Waals surface area contributed by atoms with E-state index in [1.54, 1.807) is 0 Å². The molecule has 2 N–H and O–H groups in total. The Labute approximate surface area is 161 Å². The third-order valence-corrected chi connectivity index (χ3v) is 5.45. The Morgan fingerprint density at radius 1 is 0.923 bits per heavy atom. The molecule has 2 aromatic rings. The van der Waals surface area contributed by atoms with E-state index in [2.05, 4.69) is 79.1 Å². The van der Waals surface area contributed by atoms with Crippen LogP contribution in [0.15, 0.2) is 65.4 Å². The van der Waals surface area contributed by atoms with Gasteiger partial charge in [0.05, 0.1) is 6.04 Å². The van der Waals surface area contributed by atoms with E-state index < -0.39 is 0 Å². The van der Waals surface area contributed by atoms with Crippen molar-refractivity contribution in [2.45, 2.75) is 39.2 Å². The maximum Gasteiger partial charge on any atom is 0.171 e. The average molecular weight is 361 g/mol. The molecule has 2 nitrogen and oxygen atoms in total. The molecule has 0 bridgehead atoms. The molecule has 26 heavy (non-hydrogen) atoms. The topological polar surface area (TPSA) is 24.1 Å². The molecule has 0 amide bonds. The van der Waals surface area contributed by atoms with Crippen LogP contribution in [0.3, 0.4) is 0 Å². The highest BCUT2D eigenvalue weighted by molar-refractivity contribution is 7.80. The van der Waals surface area contributed by atoms with Crippen molar-refractivity contribution < 1.29 is 0 Å². The highest BCUT2D eigenvalue weighted by Gasteiger charge is 2.30. The molecule has 0 spiro atoms. The van der Waals surface area contributed by atoms with E-state index in [0.29, 0.717) is 5.11 Å². The van der Waals surface area contributed by atoms with E-state index in [4.69, 9.17) is 12.2 Å². The Balaban J connectivity index is 1.75. The van der Waals surface area contributed by atoms with Gasteiger partial charge >= 0.3 is 0 Å². The minimum Gasteiger partial charge on any atom is -0.352 e. The smallest absolute Gasteiger partial charge is 0.171 e. The summed E-state index contributed by atoms with van der Waals surface area (Å²) in [5, 5.41) is 7.64. The number of thiocarbonyl (C=S) groups is 1. The zero-order valence-corrected chi connectivity index (χ0v) is 16.1. The number of allylic oxidation sites excluding steroid dienone is 1. The Bertz CT molecular complexity index is 889. The van der Waals surface area contributed by atoms with Gasteiger partial charge in [0, 0.05) is 5.70 Å². The van der Waals surface area contributed by atoms with E-state index >= 15 is 0 Å². The first-order chi connectivity index (χ1) is 12.6. The second-order valence-corrected chi connectivity index (χ2v) is 7.68. The quantitative estimate of drug-likeness (QED) is 0.707. The van der Waals surface area contributed by atoms with Gasteiger partial charge in [-0.3, -0.25) is 0 Å². The Morgan fingerprint density at radius 3 is 2.27 bits per heavy atom. The van der Waals surface area contributed by atoms with Crippen molar-refractivity contribution in [2.24, 2.45) is 0 Å². The summed E-state index contributed by atoms with van der Waals surface area (Å²) in [5.74, 6) is 0. The van der Waals surface area contributed by atoms with E-state index in [0.717, 1.165) is 12.8 Å². The van der Waals surface area contributed by atoms with Gasteiger partial charge in [0.2, 0.25) is 0 Å². The minimum absolute atomic E-state index is 0.168. The number of rotatable bonds is 2. The maximum absolute atomic E-state index is 5.53. The van der Waals surface area contributed by atoms with Crippen molar-refractivity contribution in [1.82, 2.24) is 10.6 Å². The van der Waals surface area contributed by atoms with Crippen LogP contribution in [0.5, 0.6) is 0 Å². The first-order valence-corrected chi connectivity index (χ1v) is 9.66. The van der Waals surface area contributed by atoms with Crippen LogP contribution in [0.1, 0.15) is 47.6 Å². The van der Waals surface area contributed by atoms with Crippen molar-refractivity contribution in [3.05, 3.63) is 87.6 Å². The molecule has 1 unspecified atom stereocenters. The van der Waals surface area contributed by atoms with E-state index in [1.165, 1.54) is 45.5 Å². The van der Waals surface area contributed by atoms with Crippen molar-refractivity contribution in [3.63, 3.8) is 0 Å². The van der Waals surface area contributed by atoms with Crippen molar-refractivity contribution >= 4 is 23.4 Å². The molecule has 0 aromatic heterocycles. The summed E-state index contributed by atoms with van der Waals surface area (Å²) in [5.41, 5.74) is 9.11. The number of aryl methyl sites for hydroxylation is 2. The summed E-state index contributed by atoms with van der Waals surface area (Å²) in [6, 6.07) is 17.7. The predicted octanol–water partition coefficient (Wildman–Crippen LogP) is 5.34. The standard InChI is InChI=1S/C23H24N2S/c1-15-6-10-17(11-7-15)14-19-4-3-5-20-21(24-23(26)25-22(19)20)18-12-8-16(2)9-13-18/h6-14,21H,3-5H2,1-2H3,(H2,24,25,26). The van der Waals surface area contributed by atoms with Crippen LogP contribution in [0.25, 0.3) is 6.08 Å². The summed E-state index contributed by atoms with van der Waals surface area (Å²) >= 11 is 5.53.